The molecule has 4 heteroatoms. The average Bonchev–Trinajstić information content (AvgIpc) is 2.70. The lowest BCUT2D eigenvalue weighted by Crippen LogP contribution is -2.74. The first-order chi connectivity index (χ1) is 12.2. The zero-order valence-corrected chi connectivity index (χ0v) is 16.0. The smallest absolute Gasteiger partial charge is 0.325 e. The zero-order valence-electron chi connectivity index (χ0n) is 16.0. The summed E-state index contributed by atoms with van der Waals surface area (Å²) in [5, 5.41) is 0. The molecular weight excluding hydrogens is 328 g/mol. The Morgan fingerprint density at radius 3 is 2.38 bits per heavy atom. The Morgan fingerprint density at radius 2 is 1.62 bits per heavy atom. The monoisotopic (exact) mass is 354 g/mol. The summed E-state index contributed by atoms with van der Waals surface area (Å²) in [5.74, 6) is 0.125. The molecule has 0 unspecified atom stereocenters. The lowest BCUT2D eigenvalue weighted by molar-refractivity contribution is -0.217. The van der Waals surface area contributed by atoms with Gasteiger partial charge in [0.05, 0.1) is 5.56 Å². The van der Waals surface area contributed by atoms with E-state index in [4.69, 9.17) is 9.47 Å². The Hall–Kier alpha value is -1.84. The molecule has 2 heterocycles. The minimum Gasteiger partial charge on any atom is -0.485 e. The number of para-hydroxylation sites is 1. The maximum absolute atomic E-state index is 13.9. The Kier molecular flexibility index (Phi) is 2.73. The molecule has 4 nitrogen and oxygen atoms in total. The van der Waals surface area contributed by atoms with Gasteiger partial charge in [0.15, 0.2) is 11.2 Å². The summed E-state index contributed by atoms with van der Waals surface area (Å²) in [6.45, 7) is 8.46. The molecule has 4 aliphatic rings. The number of esters is 1. The number of Topliss-reactive ketones (excluding diaryl/α,β-unsaturated/α-hetero) is 1. The molecule has 26 heavy (non-hydrogen) atoms. The van der Waals surface area contributed by atoms with Crippen LogP contribution in [0.25, 0.3) is 0 Å². The highest BCUT2D eigenvalue weighted by Gasteiger charge is 2.87. The van der Waals surface area contributed by atoms with Gasteiger partial charge in [0, 0.05) is 10.8 Å². The van der Waals surface area contributed by atoms with Crippen LogP contribution in [0, 0.1) is 16.2 Å². The van der Waals surface area contributed by atoms with E-state index in [0.29, 0.717) is 17.7 Å². The van der Waals surface area contributed by atoms with Gasteiger partial charge in [-0.1, -0.05) is 39.3 Å². The van der Waals surface area contributed by atoms with Crippen LogP contribution in [-0.4, -0.2) is 23.0 Å². The molecule has 0 radical (unpaired) electrons. The van der Waals surface area contributed by atoms with Crippen molar-refractivity contribution in [2.75, 3.05) is 0 Å². The zero-order chi connectivity index (χ0) is 18.6. The van der Waals surface area contributed by atoms with Crippen molar-refractivity contribution in [2.45, 2.75) is 71.0 Å². The Labute approximate surface area is 154 Å². The molecule has 2 aliphatic carbocycles. The molecule has 4 atom stereocenters. The molecule has 5 rings (SSSR count). The molecule has 138 valence electrons. The second-order valence-electron chi connectivity index (χ2n) is 9.69. The lowest BCUT2D eigenvalue weighted by Gasteiger charge is -2.65. The van der Waals surface area contributed by atoms with Crippen LogP contribution in [0.4, 0.5) is 0 Å². The summed E-state index contributed by atoms with van der Waals surface area (Å²) in [6.07, 6.45) is 4.21. The van der Waals surface area contributed by atoms with E-state index in [2.05, 4.69) is 20.8 Å². The summed E-state index contributed by atoms with van der Waals surface area (Å²) in [7, 11) is 0. The van der Waals surface area contributed by atoms with E-state index in [9.17, 15) is 9.59 Å². The summed E-state index contributed by atoms with van der Waals surface area (Å²) in [4.78, 5) is 27.5. The van der Waals surface area contributed by atoms with Crippen LogP contribution in [0.15, 0.2) is 24.3 Å². The van der Waals surface area contributed by atoms with Crippen molar-refractivity contribution in [3.63, 3.8) is 0 Å². The quantitative estimate of drug-likeness (QED) is 0.514. The molecular formula is C22H26O4. The molecule has 0 N–H and O–H groups in total. The van der Waals surface area contributed by atoms with Crippen molar-refractivity contribution in [3.8, 4) is 5.75 Å². The average molecular weight is 354 g/mol. The third kappa shape index (κ3) is 1.34. The summed E-state index contributed by atoms with van der Waals surface area (Å²) in [5.41, 5.74) is -2.92. The van der Waals surface area contributed by atoms with Crippen LogP contribution in [0.2, 0.25) is 0 Å². The van der Waals surface area contributed by atoms with Crippen molar-refractivity contribution < 1.29 is 19.1 Å². The van der Waals surface area contributed by atoms with Crippen molar-refractivity contribution >= 4 is 11.8 Å². The number of rotatable bonds is 0. The van der Waals surface area contributed by atoms with E-state index in [1.165, 1.54) is 0 Å². The number of ether oxygens (including phenoxy) is 2. The Morgan fingerprint density at radius 1 is 0.885 bits per heavy atom. The van der Waals surface area contributed by atoms with Gasteiger partial charge in [-0.3, -0.25) is 9.59 Å². The first kappa shape index (κ1) is 16.3. The molecule has 1 saturated heterocycles. The van der Waals surface area contributed by atoms with Crippen molar-refractivity contribution in [2.24, 2.45) is 16.2 Å². The molecule has 0 amide bonds. The first-order valence-corrected chi connectivity index (χ1v) is 9.72. The molecule has 2 saturated carbocycles. The lowest BCUT2D eigenvalue weighted by atomic mass is 9.38. The fraction of sp³-hybridized carbons (Fsp3) is 0.636. The molecule has 1 aromatic rings. The summed E-state index contributed by atoms with van der Waals surface area (Å²) in [6, 6.07) is 7.33. The second-order valence-corrected chi connectivity index (χ2v) is 9.69. The topological polar surface area (TPSA) is 52.6 Å². The van der Waals surface area contributed by atoms with Gasteiger partial charge in [0.25, 0.3) is 0 Å². The van der Waals surface area contributed by atoms with E-state index in [1.54, 1.807) is 6.07 Å². The number of hydrogen-bond donors (Lipinski definition) is 0. The van der Waals surface area contributed by atoms with Crippen LogP contribution in [0.5, 0.6) is 5.75 Å². The number of benzene rings is 1. The Balaban J connectivity index is 1.85. The summed E-state index contributed by atoms with van der Waals surface area (Å²) < 4.78 is 12.7. The maximum atomic E-state index is 13.9. The second kappa shape index (κ2) is 4.35. The van der Waals surface area contributed by atoms with E-state index in [0.717, 1.165) is 25.7 Å². The number of carbonyl (C=O) groups excluding carboxylic acids is 2. The van der Waals surface area contributed by atoms with Gasteiger partial charge in [-0.15, -0.1) is 0 Å². The predicted octanol–water partition coefficient (Wildman–Crippen LogP) is 4.31. The Bertz CT molecular complexity index is 857. The van der Waals surface area contributed by atoms with Crippen LogP contribution >= 0.6 is 0 Å². The van der Waals surface area contributed by atoms with Crippen molar-refractivity contribution in [3.05, 3.63) is 29.8 Å². The van der Waals surface area contributed by atoms with Gasteiger partial charge >= 0.3 is 5.97 Å². The summed E-state index contributed by atoms with van der Waals surface area (Å²) >= 11 is 0. The molecule has 3 fully saturated rings. The van der Waals surface area contributed by atoms with E-state index in [1.807, 2.05) is 25.1 Å². The van der Waals surface area contributed by atoms with Crippen LogP contribution in [0.3, 0.4) is 0 Å². The van der Waals surface area contributed by atoms with Crippen molar-refractivity contribution in [1.82, 2.24) is 0 Å². The minimum atomic E-state index is -1.26. The fourth-order valence-electron chi connectivity index (χ4n) is 7.20. The number of carbonyl (C=O) groups is 2. The fourth-order valence-corrected chi connectivity index (χ4v) is 7.20. The number of fused-ring (bicyclic) bond motifs is 1. The van der Waals surface area contributed by atoms with Crippen molar-refractivity contribution in [1.29, 1.82) is 0 Å². The standard InChI is InChI=1S/C22H26O4/c1-18(2)10-7-11-19(3)21(18)13-12-20(4)22(19,17(24)26-21)16(23)14-8-5-6-9-15(14)25-20/h5-6,8-9H,7,10-13H2,1-4H3/t19-,20-,21+,22-/m0/s1. The van der Waals surface area contributed by atoms with Gasteiger partial charge in [0.2, 0.25) is 0 Å². The SMILES string of the molecule is CC1(C)CCC[C@]2(C)[C@]34C(=O)O[C@]12CC[C@]3(C)Oc1ccccc1C4=O. The van der Waals surface area contributed by atoms with E-state index < -0.39 is 22.0 Å². The highest BCUT2D eigenvalue weighted by molar-refractivity contribution is 6.18. The number of hydrogen-bond acceptors (Lipinski definition) is 4. The number of ketones is 1. The van der Waals surface area contributed by atoms with Gasteiger partial charge in [-0.2, -0.15) is 0 Å². The largest absolute Gasteiger partial charge is 0.485 e. The molecule has 1 aromatic carbocycles. The van der Waals surface area contributed by atoms with Gasteiger partial charge in [-0.05, 0) is 44.7 Å². The maximum Gasteiger partial charge on any atom is 0.325 e. The van der Waals surface area contributed by atoms with Crippen LogP contribution < -0.4 is 4.74 Å². The molecule has 2 bridgehead atoms. The van der Waals surface area contributed by atoms with Gasteiger partial charge < -0.3 is 9.47 Å². The van der Waals surface area contributed by atoms with Crippen LogP contribution in [-0.2, 0) is 9.53 Å². The van der Waals surface area contributed by atoms with E-state index >= 15 is 0 Å². The molecule has 1 spiro atoms. The predicted molar refractivity (Wildman–Crippen MR) is 96.0 cm³/mol. The normalized spacial score (nSPS) is 45.1. The first-order valence-electron chi connectivity index (χ1n) is 9.72. The van der Waals surface area contributed by atoms with Gasteiger partial charge in [0.1, 0.15) is 17.0 Å². The third-order valence-corrected chi connectivity index (χ3v) is 8.42. The van der Waals surface area contributed by atoms with E-state index in [-0.39, 0.29) is 17.2 Å². The highest BCUT2D eigenvalue weighted by Crippen LogP contribution is 2.76. The van der Waals surface area contributed by atoms with Crippen LogP contribution in [0.1, 0.15) is 70.2 Å². The third-order valence-electron chi connectivity index (χ3n) is 8.42. The minimum absolute atomic E-state index is 0.103. The molecule has 0 aromatic heterocycles. The molecule has 2 aliphatic heterocycles. The highest BCUT2D eigenvalue weighted by atomic mass is 16.6. The van der Waals surface area contributed by atoms with Gasteiger partial charge in [-0.25, -0.2) is 0 Å².